The summed E-state index contributed by atoms with van der Waals surface area (Å²) < 4.78 is 12.4. The summed E-state index contributed by atoms with van der Waals surface area (Å²) in [6.07, 6.45) is 0. The lowest BCUT2D eigenvalue weighted by Gasteiger charge is -2.17. The molecule has 2 aromatic rings. The molecule has 2 rings (SSSR count). The maximum absolute atomic E-state index is 12.5. The van der Waals surface area contributed by atoms with Crippen LogP contribution in [0.2, 0.25) is 0 Å². The van der Waals surface area contributed by atoms with Crippen LogP contribution in [0.3, 0.4) is 0 Å². The van der Waals surface area contributed by atoms with Crippen LogP contribution in [0, 0.1) is 25.2 Å². The van der Waals surface area contributed by atoms with Gasteiger partial charge >= 0.3 is 5.97 Å². The van der Waals surface area contributed by atoms with Crippen molar-refractivity contribution >= 4 is 11.8 Å². The van der Waals surface area contributed by atoms with Crippen molar-refractivity contribution in [2.24, 2.45) is 0 Å². The molecule has 0 amide bonds. The van der Waals surface area contributed by atoms with Crippen molar-refractivity contribution in [3.05, 3.63) is 58.4 Å². The average molecular weight is 354 g/mol. The Balaban J connectivity index is 2.07. The van der Waals surface area contributed by atoms with Crippen molar-refractivity contribution < 1.29 is 19.1 Å². The van der Waals surface area contributed by atoms with E-state index in [1.165, 1.54) is 24.3 Å². The van der Waals surface area contributed by atoms with Gasteiger partial charge < -0.3 is 14.0 Å². The van der Waals surface area contributed by atoms with Crippen LogP contribution < -0.4 is 0 Å². The maximum Gasteiger partial charge on any atom is 0.338 e. The standard InChI is InChI=1S/C20H22N2O4/c1-13-9-18(15(3)22(13)14(2)11-25-4)19(23)12-26-20(24)17-7-5-16(10-21)6-8-17/h5-9,14H,11-12H2,1-4H3/t14-/m0/s1. The summed E-state index contributed by atoms with van der Waals surface area (Å²) in [4.78, 5) is 24.5. The number of Topliss-reactive ketones (excluding diaryl/α,β-unsaturated/α-hetero) is 1. The molecular weight excluding hydrogens is 332 g/mol. The molecule has 0 aliphatic carbocycles. The van der Waals surface area contributed by atoms with Gasteiger partial charge in [0.25, 0.3) is 0 Å². The van der Waals surface area contributed by atoms with E-state index < -0.39 is 5.97 Å². The highest BCUT2D eigenvalue weighted by Gasteiger charge is 2.20. The molecular formula is C20H22N2O4. The fraction of sp³-hybridized carbons (Fsp3) is 0.350. The number of rotatable bonds is 7. The summed E-state index contributed by atoms with van der Waals surface area (Å²) in [5.41, 5.74) is 3.07. The first-order chi connectivity index (χ1) is 12.4. The summed E-state index contributed by atoms with van der Waals surface area (Å²) in [6, 6.07) is 9.95. The van der Waals surface area contributed by atoms with E-state index in [1.807, 2.05) is 31.4 Å². The molecule has 0 saturated heterocycles. The van der Waals surface area contributed by atoms with Crippen molar-refractivity contribution in [2.75, 3.05) is 20.3 Å². The summed E-state index contributed by atoms with van der Waals surface area (Å²) >= 11 is 0. The molecule has 0 fully saturated rings. The van der Waals surface area contributed by atoms with Crippen molar-refractivity contribution in [2.45, 2.75) is 26.8 Å². The lowest BCUT2D eigenvalue weighted by atomic mass is 10.1. The molecule has 0 spiro atoms. The topological polar surface area (TPSA) is 81.3 Å². The van der Waals surface area contributed by atoms with Gasteiger partial charge in [-0.3, -0.25) is 4.79 Å². The van der Waals surface area contributed by atoms with E-state index in [2.05, 4.69) is 0 Å². The molecule has 6 heteroatoms. The number of esters is 1. The molecule has 0 N–H and O–H groups in total. The Bertz CT molecular complexity index is 844. The number of ketones is 1. The Morgan fingerprint density at radius 3 is 2.46 bits per heavy atom. The monoisotopic (exact) mass is 354 g/mol. The van der Waals surface area contributed by atoms with E-state index in [0.717, 1.165) is 11.4 Å². The van der Waals surface area contributed by atoms with Crippen LogP contribution in [0.15, 0.2) is 30.3 Å². The fourth-order valence-electron chi connectivity index (χ4n) is 3.03. The molecule has 136 valence electrons. The number of nitriles is 1. The molecule has 1 heterocycles. The molecule has 0 unspecified atom stereocenters. The lowest BCUT2D eigenvalue weighted by molar-refractivity contribution is 0.0474. The second-order valence-corrected chi connectivity index (χ2v) is 6.15. The highest BCUT2D eigenvalue weighted by atomic mass is 16.5. The minimum Gasteiger partial charge on any atom is -0.454 e. The molecule has 6 nitrogen and oxygen atoms in total. The second-order valence-electron chi connectivity index (χ2n) is 6.15. The van der Waals surface area contributed by atoms with Gasteiger partial charge in [0.2, 0.25) is 5.78 Å². The molecule has 26 heavy (non-hydrogen) atoms. The highest BCUT2D eigenvalue weighted by molar-refractivity contribution is 6.00. The van der Waals surface area contributed by atoms with E-state index in [1.54, 1.807) is 13.2 Å². The van der Waals surface area contributed by atoms with Crippen LogP contribution in [0.1, 0.15) is 50.6 Å². The summed E-state index contributed by atoms with van der Waals surface area (Å²) in [6.45, 7) is 6.02. The van der Waals surface area contributed by atoms with Crippen molar-refractivity contribution in [3.63, 3.8) is 0 Å². The smallest absolute Gasteiger partial charge is 0.338 e. The Hall–Kier alpha value is -2.91. The normalized spacial score (nSPS) is 11.7. The van der Waals surface area contributed by atoms with Crippen LogP contribution in [0.25, 0.3) is 0 Å². The minimum atomic E-state index is -0.593. The van der Waals surface area contributed by atoms with E-state index in [9.17, 15) is 9.59 Å². The summed E-state index contributed by atoms with van der Waals surface area (Å²) in [7, 11) is 1.64. The van der Waals surface area contributed by atoms with Crippen LogP contribution in [0.4, 0.5) is 0 Å². The van der Waals surface area contributed by atoms with E-state index in [4.69, 9.17) is 14.7 Å². The number of carbonyl (C=O) groups excluding carboxylic acids is 2. The van der Waals surface area contributed by atoms with Gasteiger partial charge in [-0.25, -0.2) is 4.79 Å². The molecule has 0 saturated carbocycles. The maximum atomic E-state index is 12.5. The Morgan fingerprint density at radius 1 is 1.23 bits per heavy atom. The van der Waals surface area contributed by atoms with Gasteiger partial charge in [0, 0.05) is 24.1 Å². The predicted octanol–water partition coefficient (Wildman–Crippen LogP) is 3.22. The number of ether oxygens (including phenoxy) is 2. The molecule has 0 aliphatic heterocycles. The number of aromatic nitrogens is 1. The van der Waals surface area contributed by atoms with Gasteiger partial charge in [0.05, 0.1) is 29.8 Å². The number of aryl methyl sites for hydroxylation is 1. The first-order valence-corrected chi connectivity index (χ1v) is 8.26. The van der Waals surface area contributed by atoms with Crippen LogP contribution in [0.5, 0.6) is 0 Å². The Kier molecular flexibility index (Phi) is 6.31. The van der Waals surface area contributed by atoms with Gasteiger partial charge in [-0.1, -0.05) is 0 Å². The van der Waals surface area contributed by atoms with Gasteiger partial charge in [0.1, 0.15) is 0 Å². The molecule has 0 bridgehead atoms. The van der Waals surface area contributed by atoms with E-state index in [-0.39, 0.29) is 18.4 Å². The average Bonchev–Trinajstić information content (AvgIpc) is 2.94. The number of benzene rings is 1. The van der Waals surface area contributed by atoms with Crippen LogP contribution in [-0.2, 0) is 9.47 Å². The fourth-order valence-corrected chi connectivity index (χ4v) is 3.03. The zero-order chi connectivity index (χ0) is 19.3. The van der Waals surface area contributed by atoms with Crippen LogP contribution >= 0.6 is 0 Å². The first kappa shape index (κ1) is 19.4. The molecule has 0 aliphatic rings. The summed E-state index contributed by atoms with van der Waals surface area (Å²) in [5.74, 6) is -0.847. The molecule has 1 aromatic carbocycles. The van der Waals surface area contributed by atoms with Crippen LogP contribution in [-0.4, -0.2) is 36.6 Å². The number of hydrogen-bond acceptors (Lipinski definition) is 5. The van der Waals surface area contributed by atoms with Gasteiger partial charge in [-0.05, 0) is 51.1 Å². The van der Waals surface area contributed by atoms with E-state index >= 15 is 0 Å². The molecule has 0 radical (unpaired) electrons. The van der Waals surface area contributed by atoms with Crippen molar-refractivity contribution in [3.8, 4) is 6.07 Å². The third-order valence-corrected chi connectivity index (χ3v) is 4.22. The van der Waals surface area contributed by atoms with Gasteiger partial charge in [-0.15, -0.1) is 0 Å². The largest absolute Gasteiger partial charge is 0.454 e. The predicted molar refractivity (Wildman–Crippen MR) is 96.3 cm³/mol. The molecule has 1 atom stereocenters. The van der Waals surface area contributed by atoms with Crippen molar-refractivity contribution in [1.29, 1.82) is 5.26 Å². The highest BCUT2D eigenvalue weighted by Crippen LogP contribution is 2.21. The second kappa shape index (κ2) is 8.45. The van der Waals surface area contributed by atoms with Gasteiger partial charge in [0.15, 0.2) is 6.61 Å². The first-order valence-electron chi connectivity index (χ1n) is 8.26. The Labute approximate surface area is 152 Å². The molecule has 1 aromatic heterocycles. The quantitative estimate of drug-likeness (QED) is 0.563. The number of carbonyl (C=O) groups is 2. The Morgan fingerprint density at radius 2 is 1.88 bits per heavy atom. The number of hydrogen-bond donors (Lipinski definition) is 0. The summed E-state index contributed by atoms with van der Waals surface area (Å²) in [5, 5.41) is 8.77. The third-order valence-electron chi connectivity index (χ3n) is 4.22. The van der Waals surface area contributed by atoms with Crippen molar-refractivity contribution in [1.82, 2.24) is 4.57 Å². The zero-order valence-corrected chi connectivity index (χ0v) is 15.4. The zero-order valence-electron chi connectivity index (χ0n) is 15.4. The lowest BCUT2D eigenvalue weighted by Crippen LogP contribution is -2.17. The minimum absolute atomic E-state index is 0.0998. The number of methoxy groups -OCH3 is 1. The van der Waals surface area contributed by atoms with E-state index in [0.29, 0.717) is 23.3 Å². The van der Waals surface area contributed by atoms with Gasteiger partial charge in [-0.2, -0.15) is 5.26 Å². The SMILES string of the molecule is COC[C@H](C)n1c(C)cc(C(=O)COC(=O)c2ccc(C#N)cc2)c1C. The third kappa shape index (κ3) is 4.19. The number of nitrogens with zero attached hydrogens (tertiary/aromatic N) is 2.